The lowest BCUT2D eigenvalue weighted by molar-refractivity contribution is -0.383. The summed E-state index contributed by atoms with van der Waals surface area (Å²) in [4.78, 5) is 28.4. The maximum atomic E-state index is 11.6. The molecule has 0 aliphatic rings. The summed E-state index contributed by atoms with van der Waals surface area (Å²) >= 11 is 0. The number of nitro groups is 1. The van der Waals surface area contributed by atoms with Crippen molar-refractivity contribution >= 4 is 22.3 Å². The Labute approximate surface area is 118 Å². The summed E-state index contributed by atoms with van der Waals surface area (Å²) in [5.41, 5.74) is -1.63. The van der Waals surface area contributed by atoms with Gasteiger partial charge in [0.15, 0.2) is 0 Å². The van der Waals surface area contributed by atoms with Crippen LogP contribution in [0.15, 0.2) is 23.3 Å². The Morgan fingerprint density at radius 1 is 1.43 bits per heavy atom. The van der Waals surface area contributed by atoms with E-state index in [9.17, 15) is 25.1 Å². The smallest absolute Gasteiger partial charge is 0.293 e. The number of anilines is 1. The molecule has 2 rings (SSSR count). The molecule has 0 saturated heterocycles. The molecule has 112 valence electrons. The second-order valence-electron chi connectivity index (χ2n) is 4.88. The molecule has 21 heavy (non-hydrogen) atoms. The lowest BCUT2D eigenvalue weighted by Crippen LogP contribution is -2.42. The van der Waals surface area contributed by atoms with Crippen molar-refractivity contribution in [2.45, 2.75) is 12.5 Å². The third kappa shape index (κ3) is 2.83. The number of hydrogen-bond donors (Lipinski definition) is 4. The SMILES string of the molecule is CC(CO)(CO)Nc1cc2nc[nH]c(=O)c2cc1[N+](=O)[O-]. The van der Waals surface area contributed by atoms with E-state index in [1.807, 2.05) is 0 Å². The zero-order chi connectivity index (χ0) is 15.6. The zero-order valence-electron chi connectivity index (χ0n) is 11.2. The quantitative estimate of drug-likeness (QED) is 0.448. The number of nitrogens with one attached hydrogen (secondary N) is 2. The van der Waals surface area contributed by atoms with Gasteiger partial charge in [0, 0.05) is 6.07 Å². The number of rotatable bonds is 5. The molecule has 9 heteroatoms. The van der Waals surface area contributed by atoms with Crippen LogP contribution in [0.2, 0.25) is 0 Å². The first-order valence-electron chi connectivity index (χ1n) is 6.06. The molecule has 0 fully saturated rings. The van der Waals surface area contributed by atoms with E-state index < -0.39 is 29.2 Å². The predicted molar refractivity (Wildman–Crippen MR) is 75.2 cm³/mol. The van der Waals surface area contributed by atoms with E-state index >= 15 is 0 Å². The third-order valence-electron chi connectivity index (χ3n) is 3.09. The van der Waals surface area contributed by atoms with E-state index in [-0.39, 0.29) is 22.3 Å². The van der Waals surface area contributed by atoms with Crippen molar-refractivity contribution < 1.29 is 15.1 Å². The van der Waals surface area contributed by atoms with Crippen molar-refractivity contribution in [3.05, 3.63) is 38.9 Å². The molecular weight excluding hydrogens is 280 g/mol. The summed E-state index contributed by atoms with van der Waals surface area (Å²) in [5, 5.41) is 32.5. The number of fused-ring (bicyclic) bond motifs is 1. The maximum absolute atomic E-state index is 11.6. The molecular formula is C12H14N4O5. The van der Waals surface area contributed by atoms with E-state index in [1.165, 1.54) is 19.3 Å². The Morgan fingerprint density at radius 3 is 2.67 bits per heavy atom. The predicted octanol–water partition coefficient (Wildman–Crippen LogP) is -0.0135. The highest BCUT2D eigenvalue weighted by Gasteiger charge is 2.26. The van der Waals surface area contributed by atoms with Crippen LogP contribution in [0.3, 0.4) is 0 Å². The van der Waals surface area contributed by atoms with Crippen molar-refractivity contribution in [1.82, 2.24) is 9.97 Å². The van der Waals surface area contributed by atoms with Gasteiger partial charge in [-0.2, -0.15) is 0 Å². The van der Waals surface area contributed by atoms with Crippen LogP contribution in [0.25, 0.3) is 10.9 Å². The molecule has 0 spiro atoms. The van der Waals surface area contributed by atoms with E-state index in [0.29, 0.717) is 0 Å². The van der Waals surface area contributed by atoms with Crippen LogP contribution in [-0.4, -0.2) is 43.9 Å². The lowest BCUT2D eigenvalue weighted by Gasteiger charge is -2.27. The molecule has 0 atom stereocenters. The number of hydrogen-bond acceptors (Lipinski definition) is 7. The van der Waals surface area contributed by atoms with Gasteiger partial charge in [-0.1, -0.05) is 0 Å². The van der Waals surface area contributed by atoms with E-state index in [4.69, 9.17) is 0 Å². The topological polar surface area (TPSA) is 141 Å². The monoisotopic (exact) mass is 294 g/mol. The Bertz CT molecular complexity index is 738. The number of aliphatic hydroxyl groups excluding tert-OH is 2. The van der Waals surface area contributed by atoms with Crippen LogP contribution in [0, 0.1) is 10.1 Å². The average Bonchev–Trinajstić information content (AvgIpc) is 2.46. The molecule has 0 radical (unpaired) electrons. The van der Waals surface area contributed by atoms with Crippen molar-refractivity contribution in [2.24, 2.45) is 0 Å². The van der Waals surface area contributed by atoms with Crippen LogP contribution in [0.5, 0.6) is 0 Å². The van der Waals surface area contributed by atoms with Gasteiger partial charge in [-0.3, -0.25) is 14.9 Å². The molecule has 2 aromatic rings. The number of nitro benzene ring substituents is 1. The molecule has 0 aliphatic heterocycles. The van der Waals surface area contributed by atoms with E-state index in [2.05, 4.69) is 15.3 Å². The summed E-state index contributed by atoms with van der Waals surface area (Å²) in [6, 6.07) is 2.45. The molecule has 1 aromatic heterocycles. The molecule has 0 saturated carbocycles. The highest BCUT2D eigenvalue weighted by atomic mass is 16.6. The zero-order valence-corrected chi connectivity index (χ0v) is 11.2. The van der Waals surface area contributed by atoms with E-state index in [1.54, 1.807) is 0 Å². The number of aromatic amines is 1. The Balaban J connectivity index is 2.64. The fourth-order valence-electron chi connectivity index (χ4n) is 1.81. The van der Waals surface area contributed by atoms with Crippen LogP contribution in [-0.2, 0) is 0 Å². The van der Waals surface area contributed by atoms with Crippen molar-refractivity contribution in [3.8, 4) is 0 Å². The second kappa shape index (κ2) is 5.46. The van der Waals surface area contributed by atoms with Crippen LogP contribution in [0.4, 0.5) is 11.4 Å². The van der Waals surface area contributed by atoms with Gasteiger partial charge in [-0.25, -0.2) is 4.98 Å². The molecule has 9 nitrogen and oxygen atoms in total. The number of aromatic nitrogens is 2. The number of benzene rings is 1. The first-order valence-corrected chi connectivity index (χ1v) is 6.06. The van der Waals surface area contributed by atoms with Gasteiger partial charge in [0.2, 0.25) is 0 Å². The van der Waals surface area contributed by atoms with Crippen LogP contribution in [0.1, 0.15) is 6.92 Å². The molecule has 4 N–H and O–H groups in total. The van der Waals surface area contributed by atoms with Crippen LogP contribution < -0.4 is 10.9 Å². The van der Waals surface area contributed by atoms with Crippen molar-refractivity contribution in [1.29, 1.82) is 0 Å². The molecule has 0 amide bonds. The fraction of sp³-hybridized carbons (Fsp3) is 0.333. The largest absolute Gasteiger partial charge is 0.394 e. The minimum atomic E-state index is -1.14. The molecule has 0 aliphatic carbocycles. The van der Waals surface area contributed by atoms with Crippen molar-refractivity contribution in [2.75, 3.05) is 18.5 Å². The Morgan fingerprint density at radius 2 is 2.10 bits per heavy atom. The maximum Gasteiger partial charge on any atom is 0.293 e. The van der Waals surface area contributed by atoms with Gasteiger partial charge >= 0.3 is 0 Å². The summed E-state index contributed by atoms with van der Waals surface area (Å²) in [7, 11) is 0. The van der Waals surface area contributed by atoms with Crippen molar-refractivity contribution in [3.63, 3.8) is 0 Å². The fourth-order valence-corrected chi connectivity index (χ4v) is 1.81. The van der Waals surface area contributed by atoms with Gasteiger partial charge in [-0.15, -0.1) is 0 Å². The average molecular weight is 294 g/mol. The number of H-pyrrole nitrogens is 1. The summed E-state index contributed by atoms with van der Waals surface area (Å²) in [5.74, 6) is 0. The number of aliphatic hydroxyl groups is 2. The molecule has 0 bridgehead atoms. The summed E-state index contributed by atoms with van der Waals surface area (Å²) < 4.78 is 0. The van der Waals surface area contributed by atoms with Gasteiger partial charge < -0.3 is 20.5 Å². The highest BCUT2D eigenvalue weighted by Crippen LogP contribution is 2.30. The van der Waals surface area contributed by atoms with Gasteiger partial charge in [-0.05, 0) is 13.0 Å². The molecule has 1 aromatic carbocycles. The molecule has 0 unspecified atom stereocenters. The van der Waals surface area contributed by atoms with E-state index in [0.717, 1.165) is 6.07 Å². The first kappa shape index (κ1) is 14.9. The third-order valence-corrected chi connectivity index (χ3v) is 3.09. The minimum Gasteiger partial charge on any atom is -0.394 e. The Kier molecular flexibility index (Phi) is 3.87. The Hall–Kier alpha value is -2.52. The minimum absolute atomic E-state index is 0.0659. The summed E-state index contributed by atoms with van der Waals surface area (Å²) in [6.07, 6.45) is 1.19. The lowest BCUT2D eigenvalue weighted by atomic mass is 10.0. The summed E-state index contributed by atoms with van der Waals surface area (Å²) in [6.45, 7) is 0.648. The number of nitrogens with zero attached hydrogens (tertiary/aromatic N) is 2. The second-order valence-corrected chi connectivity index (χ2v) is 4.88. The van der Waals surface area contributed by atoms with Crippen LogP contribution >= 0.6 is 0 Å². The normalized spacial score (nSPS) is 11.6. The standard InChI is InChI=1S/C12H14N4O5/c1-12(4-17,5-18)15-9-3-8-7(2-10(9)16(20)21)11(19)14-6-13-8/h2-3,6,15,17-18H,4-5H2,1H3,(H,13,14,19). The van der Waals surface area contributed by atoms with Gasteiger partial charge in [0.05, 0.1) is 40.9 Å². The highest BCUT2D eigenvalue weighted by molar-refractivity contribution is 5.86. The van der Waals surface area contributed by atoms with Gasteiger partial charge in [0.25, 0.3) is 11.2 Å². The van der Waals surface area contributed by atoms with Gasteiger partial charge in [0.1, 0.15) is 5.69 Å². The molecule has 1 heterocycles. The first-order chi connectivity index (χ1) is 9.90.